The van der Waals surface area contributed by atoms with Gasteiger partial charge in [0.25, 0.3) is 0 Å². The summed E-state index contributed by atoms with van der Waals surface area (Å²) in [6.45, 7) is 0.200. The third kappa shape index (κ3) is 4.44. The summed E-state index contributed by atoms with van der Waals surface area (Å²) >= 11 is 6.53. The third-order valence-corrected chi connectivity index (χ3v) is 3.74. The topological polar surface area (TPSA) is 60.5 Å². The first kappa shape index (κ1) is 15.8. The summed E-state index contributed by atoms with van der Waals surface area (Å²) in [5.74, 6) is 0.511. The Kier molecular flexibility index (Phi) is 5.58. The molecular formula is C14H12Br2N2O3. The quantitative estimate of drug-likeness (QED) is 0.753. The first-order chi connectivity index (χ1) is 10.1. The molecule has 0 aliphatic heterocycles. The van der Waals surface area contributed by atoms with E-state index in [9.17, 15) is 4.79 Å². The second-order valence-corrected chi connectivity index (χ2v) is 5.51. The van der Waals surface area contributed by atoms with E-state index in [1.54, 1.807) is 6.07 Å². The van der Waals surface area contributed by atoms with Gasteiger partial charge < -0.3 is 9.47 Å². The van der Waals surface area contributed by atoms with Gasteiger partial charge in [0.15, 0.2) is 5.75 Å². The largest absolute Gasteiger partial charge is 0.494 e. The second kappa shape index (κ2) is 7.42. The number of hydrogen-bond donors (Lipinski definition) is 1. The highest BCUT2D eigenvalue weighted by Gasteiger charge is 2.12. The monoisotopic (exact) mass is 414 g/mol. The molecular weight excluding hydrogens is 404 g/mol. The van der Waals surface area contributed by atoms with E-state index in [1.807, 2.05) is 30.3 Å². The number of hydrogen-bond acceptors (Lipinski definition) is 4. The molecule has 0 radical (unpaired) electrons. The van der Waals surface area contributed by atoms with Crippen molar-refractivity contribution in [3.63, 3.8) is 0 Å². The van der Waals surface area contributed by atoms with Gasteiger partial charge in [-0.15, -0.1) is 0 Å². The van der Waals surface area contributed by atoms with Crippen LogP contribution in [0.5, 0.6) is 5.75 Å². The summed E-state index contributed by atoms with van der Waals surface area (Å²) in [5, 5.41) is 2.61. The van der Waals surface area contributed by atoms with Crippen LogP contribution >= 0.6 is 31.9 Å². The minimum Gasteiger partial charge on any atom is -0.494 e. The van der Waals surface area contributed by atoms with Crippen molar-refractivity contribution in [3.05, 3.63) is 51.2 Å². The fourth-order valence-electron chi connectivity index (χ4n) is 1.55. The number of anilines is 1. The number of carbonyl (C=O) groups is 1. The van der Waals surface area contributed by atoms with Crippen LogP contribution in [-0.4, -0.2) is 18.2 Å². The lowest BCUT2D eigenvalue weighted by molar-refractivity contribution is 0.155. The van der Waals surface area contributed by atoms with Gasteiger partial charge in [-0.2, -0.15) is 0 Å². The van der Waals surface area contributed by atoms with Crippen LogP contribution in [0.3, 0.4) is 0 Å². The van der Waals surface area contributed by atoms with E-state index < -0.39 is 6.09 Å². The van der Waals surface area contributed by atoms with E-state index in [-0.39, 0.29) is 6.61 Å². The number of nitrogens with zero attached hydrogens (tertiary/aromatic N) is 1. The highest BCUT2D eigenvalue weighted by atomic mass is 79.9. The van der Waals surface area contributed by atoms with Crippen LogP contribution in [0.1, 0.15) is 5.56 Å². The zero-order valence-electron chi connectivity index (χ0n) is 11.1. The number of ether oxygens (including phenoxy) is 2. The van der Waals surface area contributed by atoms with Crippen LogP contribution in [-0.2, 0) is 11.3 Å². The molecule has 2 aromatic rings. The van der Waals surface area contributed by atoms with Crippen LogP contribution in [0, 0.1) is 0 Å². The van der Waals surface area contributed by atoms with Gasteiger partial charge in [0.05, 0.1) is 12.8 Å². The molecule has 1 aromatic heterocycles. The Labute approximate surface area is 138 Å². The number of aromatic nitrogens is 1. The average Bonchev–Trinajstić information content (AvgIpc) is 2.49. The van der Waals surface area contributed by atoms with Gasteiger partial charge in [-0.25, -0.2) is 9.78 Å². The minimum atomic E-state index is -0.564. The molecule has 5 nitrogen and oxygen atoms in total. The van der Waals surface area contributed by atoms with E-state index >= 15 is 0 Å². The van der Waals surface area contributed by atoms with E-state index in [4.69, 9.17) is 9.47 Å². The van der Waals surface area contributed by atoms with Crippen molar-refractivity contribution in [3.8, 4) is 5.75 Å². The average molecular weight is 416 g/mol. The Bertz CT molecular complexity index is 636. The zero-order chi connectivity index (χ0) is 15.2. The number of carbonyl (C=O) groups excluding carboxylic acids is 1. The Hall–Kier alpha value is -1.60. The van der Waals surface area contributed by atoms with E-state index in [1.165, 1.54) is 7.11 Å². The Morgan fingerprint density at radius 2 is 1.95 bits per heavy atom. The second-order valence-electron chi connectivity index (χ2n) is 4.01. The van der Waals surface area contributed by atoms with Crippen molar-refractivity contribution in [2.75, 3.05) is 12.4 Å². The molecule has 1 aromatic carbocycles. The summed E-state index contributed by atoms with van der Waals surface area (Å²) in [5.41, 5.74) is 1.38. The van der Waals surface area contributed by atoms with Crippen LogP contribution < -0.4 is 10.1 Å². The van der Waals surface area contributed by atoms with Crippen molar-refractivity contribution in [2.45, 2.75) is 6.61 Å². The van der Waals surface area contributed by atoms with Crippen molar-refractivity contribution >= 4 is 43.6 Å². The molecule has 1 N–H and O–H groups in total. The minimum absolute atomic E-state index is 0.200. The molecule has 0 aliphatic carbocycles. The van der Waals surface area contributed by atoms with E-state index in [2.05, 4.69) is 42.2 Å². The summed E-state index contributed by atoms with van der Waals surface area (Å²) in [6.07, 6.45) is -0.564. The summed E-state index contributed by atoms with van der Waals surface area (Å²) in [7, 11) is 1.52. The maximum absolute atomic E-state index is 11.8. The molecule has 0 aliphatic rings. The van der Waals surface area contributed by atoms with Crippen molar-refractivity contribution in [1.82, 2.24) is 4.98 Å². The number of rotatable bonds is 4. The fourth-order valence-corrected chi connectivity index (χ4v) is 2.63. The van der Waals surface area contributed by atoms with E-state index in [0.717, 1.165) is 5.56 Å². The Morgan fingerprint density at radius 1 is 1.24 bits per heavy atom. The van der Waals surface area contributed by atoms with Gasteiger partial charge in [0.2, 0.25) is 0 Å². The molecule has 0 saturated carbocycles. The summed E-state index contributed by atoms with van der Waals surface area (Å²) < 4.78 is 11.3. The summed E-state index contributed by atoms with van der Waals surface area (Å²) in [4.78, 5) is 15.9. The van der Waals surface area contributed by atoms with Crippen molar-refractivity contribution < 1.29 is 14.3 Å². The predicted octanol–water partition coefficient (Wildman–Crippen LogP) is 4.36. The standard InChI is InChI=1S/C14H12Br2N2O3/c1-20-11-7-10(12(15)18-13(11)16)17-14(19)21-8-9-5-3-2-4-6-9/h2-7H,8H2,1H3,(H,17,19). The van der Waals surface area contributed by atoms with Gasteiger partial charge in [0.1, 0.15) is 15.8 Å². The van der Waals surface area contributed by atoms with Crippen LogP contribution in [0.25, 0.3) is 0 Å². The number of amides is 1. The van der Waals surface area contributed by atoms with Gasteiger partial charge in [-0.1, -0.05) is 30.3 Å². The number of pyridine rings is 1. The van der Waals surface area contributed by atoms with Gasteiger partial charge in [-0.05, 0) is 37.4 Å². The molecule has 7 heteroatoms. The SMILES string of the molecule is COc1cc(NC(=O)OCc2ccccc2)c(Br)nc1Br. The van der Waals surface area contributed by atoms with Crippen LogP contribution in [0.2, 0.25) is 0 Å². The van der Waals surface area contributed by atoms with Gasteiger partial charge in [0, 0.05) is 6.07 Å². The highest BCUT2D eigenvalue weighted by Crippen LogP contribution is 2.31. The summed E-state index contributed by atoms with van der Waals surface area (Å²) in [6, 6.07) is 11.1. The third-order valence-electron chi connectivity index (χ3n) is 2.57. The Balaban J connectivity index is 1.99. The molecule has 1 heterocycles. The fraction of sp³-hybridized carbons (Fsp3) is 0.143. The molecule has 0 unspecified atom stereocenters. The molecule has 110 valence electrons. The molecule has 0 spiro atoms. The highest BCUT2D eigenvalue weighted by molar-refractivity contribution is 9.11. The predicted molar refractivity (Wildman–Crippen MR) is 86.4 cm³/mol. The molecule has 0 saturated heterocycles. The molecule has 0 fully saturated rings. The smallest absolute Gasteiger partial charge is 0.412 e. The first-order valence-electron chi connectivity index (χ1n) is 5.98. The maximum atomic E-state index is 11.8. The van der Waals surface area contributed by atoms with Crippen LogP contribution in [0.4, 0.5) is 10.5 Å². The Morgan fingerprint density at radius 3 is 2.62 bits per heavy atom. The molecule has 21 heavy (non-hydrogen) atoms. The number of benzene rings is 1. The number of nitrogens with one attached hydrogen (secondary N) is 1. The van der Waals surface area contributed by atoms with Crippen molar-refractivity contribution in [2.24, 2.45) is 0 Å². The number of halogens is 2. The van der Waals surface area contributed by atoms with Crippen molar-refractivity contribution in [1.29, 1.82) is 0 Å². The lowest BCUT2D eigenvalue weighted by Crippen LogP contribution is -2.14. The normalized spacial score (nSPS) is 10.0. The van der Waals surface area contributed by atoms with E-state index in [0.29, 0.717) is 20.6 Å². The first-order valence-corrected chi connectivity index (χ1v) is 7.56. The lowest BCUT2D eigenvalue weighted by Gasteiger charge is -2.10. The molecule has 0 bridgehead atoms. The molecule has 1 amide bonds. The lowest BCUT2D eigenvalue weighted by atomic mass is 10.2. The van der Waals surface area contributed by atoms with Gasteiger partial charge >= 0.3 is 6.09 Å². The van der Waals surface area contributed by atoms with Crippen LogP contribution in [0.15, 0.2) is 45.6 Å². The maximum Gasteiger partial charge on any atom is 0.412 e. The zero-order valence-corrected chi connectivity index (χ0v) is 14.3. The molecule has 0 atom stereocenters. The number of methoxy groups -OCH3 is 1. The molecule has 2 rings (SSSR count). The van der Waals surface area contributed by atoms with Gasteiger partial charge in [-0.3, -0.25) is 5.32 Å².